The van der Waals surface area contributed by atoms with Crippen LogP contribution in [0.15, 0.2) is 77.7 Å². The summed E-state index contributed by atoms with van der Waals surface area (Å²) in [6, 6.07) is 16.5. The molecule has 0 aliphatic heterocycles. The standard InChI is InChI=1S/C22H20FN3O5S/c1-2-31-19-12-10-18(11-13-19)26-32(29,30)20-5-3-4-16(14-20)22(28)25-24-21(27)15-6-8-17(23)9-7-15/h3-14,26H,2H2,1H3,(H,24,27)(H,25,28). The van der Waals surface area contributed by atoms with Crippen molar-refractivity contribution < 1.29 is 27.1 Å². The van der Waals surface area contributed by atoms with Gasteiger partial charge in [-0.1, -0.05) is 6.07 Å². The van der Waals surface area contributed by atoms with E-state index in [0.717, 1.165) is 12.1 Å². The van der Waals surface area contributed by atoms with Gasteiger partial charge in [-0.15, -0.1) is 0 Å². The van der Waals surface area contributed by atoms with E-state index in [0.29, 0.717) is 18.0 Å². The summed E-state index contributed by atoms with van der Waals surface area (Å²) in [5.41, 5.74) is 4.87. The second kappa shape index (κ2) is 9.92. The fourth-order valence-electron chi connectivity index (χ4n) is 2.66. The van der Waals surface area contributed by atoms with Crippen molar-refractivity contribution in [1.82, 2.24) is 10.9 Å². The summed E-state index contributed by atoms with van der Waals surface area (Å²) < 4.78 is 46.1. The first kappa shape index (κ1) is 22.8. The Labute approximate surface area is 184 Å². The lowest BCUT2D eigenvalue weighted by Crippen LogP contribution is -2.41. The zero-order valence-corrected chi connectivity index (χ0v) is 17.8. The molecule has 3 N–H and O–H groups in total. The molecule has 0 spiro atoms. The Balaban J connectivity index is 1.67. The number of hydrogen-bond donors (Lipinski definition) is 3. The van der Waals surface area contributed by atoms with Crippen LogP contribution in [0.1, 0.15) is 27.6 Å². The minimum Gasteiger partial charge on any atom is -0.494 e. The number of amides is 2. The SMILES string of the molecule is CCOc1ccc(NS(=O)(=O)c2cccc(C(=O)NNC(=O)c3ccc(F)cc3)c2)cc1. The van der Waals surface area contributed by atoms with Gasteiger partial charge in [0.1, 0.15) is 11.6 Å². The predicted octanol–water partition coefficient (Wildman–Crippen LogP) is 3.10. The minimum atomic E-state index is -3.97. The highest BCUT2D eigenvalue weighted by atomic mass is 32.2. The summed E-state index contributed by atoms with van der Waals surface area (Å²) >= 11 is 0. The smallest absolute Gasteiger partial charge is 0.269 e. The van der Waals surface area contributed by atoms with Gasteiger partial charge < -0.3 is 4.74 Å². The highest BCUT2D eigenvalue weighted by Crippen LogP contribution is 2.20. The number of ether oxygens (including phenoxy) is 1. The van der Waals surface area contributed by atoms with Crippen LogP contribution in [-0.2, 0) is 10.0 Å². The lowest BCUT2D eigenvalue weighted by Gasteiger charge is -2.11. The van der Waals surface area contributed by atoms with Gasteiger partial charge in [0.05, 0.1) is 11.5 Å². The van der Waals surface area contributed by atoms with E-state index in [1.54, 1.807) is 24.3 Å². The number of hydrogen-bond acceptors (Lipinski definition) is 5. The summed E-state index contributed by atoms with van der Waals surface area (Å²) in [7, 11) is -3.97. The molecule has 0 fully saturated rings. The maximum Gasteiger partial charge on any atom is 0.269 e. The molecule has 0 atom stereocenters. The third-order valence-corrected chi connectivity index (χ3v) is 5.60. The first-order valence-electron chi connectivity index (χ1n) is 9.50. The Kier molecular flexibility index (Phi) is 7.06. The van der Waals surface area contributed by atoms with Gasteiger partial charge in [0.25, 0.3) is 21.8 Å². The van der Waals surface area contributed by atoms with Crippen molar-refractivity contribution >= 4 is 27.5 Å². The number of halogens is 1. The molecule has 3 aromatic carbocycles. The average molecular weight is 457 g/mol. The molecule has 0 heterocycles. The molecule has 0 aliphatic rings. The van der Waals surface area contributed by atoms with E-state index in [2.05, 4.69) is 15.6 Å². The zero-order chi connectivity index (χ0) is 23.1. The van der Waals surface area contributed by atoms with Crippen LogP contribution < -0.4 is 20.3 Å². The number of nitrogens with one attached hydrogen (secondary N) is 3. The van der Waals surface area contributed by atoms with Crippen LogP contribution >= 0.6 is 0 Å². The van der Waals surface area contributed by atoms with Gasteiger partial charge in [-0.3, -0.25) is 25.2 Å². The van der Waals surface area contributed by atoms with Crippen molar-refractivity contribution in [3.8, 4) is 5.75 Å². The largest absolute Gasteiger partial charge is 0.494 e. The van der Waals surface area contributed by atoms with Crippen molar-refractivity contribution in [2.45, 2.75) is 11.8 Å². The van der Waals surface area contributed by atoms with Crippen molar-refractivity contribution in [2.24, 2.45) is 0 Å². The first-order valence-corrected chi connectivity index (χ1v) is 11.0. The quantitative estimate of drug-likeness (QED) is 0.472. The van der Waals surface area contributed by atoms with E-state index in [-0.39, 0.29) is 16.0 Å². The number of carbonyl (C=O) groups excluding carboxylic acids is 2. The Morgan fingerprint density at radius 3 is 2.12 bits per heavy atom. The Bertz CT molecular complexity index is 1210. The van der Waals surface area contributed by atoms with E-state index in [9.17, 15) is 22.4 Å². The van der Waals surface area contributed by atoms with E-state index in [1.165, 1.54) is 36.4 Å². The molecule has 10 heteroatoms. The van der Waals surface area contributed by atoms with Gasteiger partial charge in [-0.25, -0.2) is 12.8 Å². The third kappa shape index (κ3) is 5.82. The molecule has 2 amide bonds. The highest BCUT2D eigenvalue weighted by molar-refractivity contribution is 7.92. The van der Waals surface area contributed by atoms with Crippen molar-refractivity contribution in [1.29, 1.82) is 0 Å². The van der Waals surface area contributed by atoms with Crippen molar-refractivity contribution in [3.63, 3.8) is 0 Å². The van der Waals surface area contributed by atoms with Gasteiger partial charge in [0.15, 0.2) is 0 Å². The van der Waals surface area contributed by atoms with Crippen LogP contribution in [-0.4, -0.2) is 26.8 Å². The summed E-state index contributed by atoms with van der Waals surface area (Å²) in [4.78, 5) is 24.2. The highest BCUT2D eigenvalue weighted by Gasteiger charge is 2.17. The molecule has 0 aromatic heterocycles. The van der Waals surface area contributed by atoms with Crippen LogP contribution in [0.5, 0.6) is 5.75 Å². The van der Waals surface area contributed by atoms with Crippen LogP contribution in [0.25, 0.3) is 0 Å². The van der Waals surface area contributed by atoms with E-state index >= 15 is 0 Å². The number of rotatable bonds is 7. The number of hydrazine groups is 1. The molecule has 0 saturated heterocycles. The number of sulfonamides is 1. The third-order valence-electron chi connectivity index (χ3n) is 4.22. The molecule has 32 heavy (non-hydrogen) atoms. The lowest BCUT2D eigenvalue weighted by molar-refractivity contribution is 0.0846. The minimum absolute atomic E-state index is 0.0129. The van der Waals surface area contributed by atoms with Crippen LogP contribution in [0.4, 0.5) is 10.1 Å². The Morgan fingerprint density at radius 2 is 1.50 bits per heavy atom. The second-order valence-corrected chi connectivity index (χ2v) is 8.19. The summed E-state index contributed by atoms with van der Waals surface area (Å²) in [6.45, 7) is 2.33. The van der Waals surface area contributed by atoms with Gasteiger partial charge in [-0.2, -0.15) is 0 Å². The van der Waals surface area contributed by atoms with Crippen LogP contribution in [0.2, 0.25) is 0 Å². The van der Waals surface area contributed by atoms with Gasteiger partial charge in [-0.05, 0) is 73.7 Å². The molecular weight excluding hydrogens is 437 g/mol. The monoisotopic (exact) mass is 457 g/mol. The predicted molar refractivity (Wildman–Crippen MR) is 116 cm³/mol. The fraction of sp³-hybridized carbons (Fsp3) is 0.0909. The molecule has 8 nitrogen and oxygen atoms in total. The summed E-state index contributed by atoms with van der Waals surface area (Å²) in [5.74, 6) is -1.27. The lowest BCUT2D eigenvalue weighted by atomic mass is 10.2. The van der Waals surface area contributed by atoms with Crippen molar-refractivity contribution in [3.05, 3.63) is 89.7 Å². The van der Waals surface area contributed by atoms with Gasteiger partial charge in [0.2, 0.25) is 0 Å². The Morgan fingerprint density at radius 1 is 0.875 bits per heavy atom. The normalized spacial score (nSPS) is 10.8. The number of benzene rings is 3. The van der Waals surface area contributed by atoms with Crippen LogP contribution in [0, 0.1) is 5.82 Å². The number of carbonyl (C=O) groups is 2. The van der Waals surface area contributed by atoms with E-state index < -0.39 is 27.7 Å². The molecule has 0 unspecified atom stereocenters. The second-order valence-electron chi connectivity index (χ2n) is 6.51. The van der Waals surface area contributed by atoms with Crippen LogP contribution in [0.3, 0.4) is 0 Å². The van der Waals surface area contributed by atoms with Crippen molar-refractivity contribution in [2.75, 3.05) is 11.3 Å². The topological polar surface area (TPSA) is 114 Å². The summed E-state index contributed by atoms with van der Waals surface area (Å²) in [5, 5.41) is 0. The molecule has 0 saturated carbocycles. The molecule has 166 valence electrons. The fourth-order valence-corrected chi connectivity index (χ4v) is 3.77. The molecular formula is C22H20FN3O5S. The first-order chi connectivity index (χ1) is 15.3. The van der Waals surface area contributed by atoms with E-state index in [1.807, 2.05) is 6.92 Å². The Hall–Kier alpha value is -3.92. The molecule has 0 aliphatic carbocycles. The zero-order valence-electron chi connectivity index (χ0n) is 17.0. The van der Waals surface area contributed by atoms with Gasteiger partial charge in [0, 0.05) is 16.8 Å². The van der Waals surface area contributed by atoms with Gasteiger partial charge >= 0.3 is 0 Å². The van der Waals surface area contributed by atoms with E-state index in [4.69, 9.17) is 4.74 Å². The molecule has 0 bridgehead atoms. The number of anilines is 1. The molecule has 3 rings (SSSR count). The summed E-state index contributed by atoms with van der Waals surface area (Å²) in [6.07, 6.45) is 0. The maximum atomic E-state index is 12.9. The average Bonchev–Trinajstić information content (AvgIpc) is 2.79. The molecule has 3 aromatic rings. The maximum absolute atomic E-state index is 12.9. The molecule has 0 radical (unpaired) electrons.